The predicted molar refractivity (Wildman–Crippen MR) is 62.4 cm³/mol. The molecule has 0 rings (SSSR count). The van der Waals surface area contributed by atoms with Crippen molar-refractivity contribution in [2.45, 2.75) is 53.1 Å². The van der Waals surface area contributed by atoms with Crippen molar-refractivity contribution in [2.75, 3.05) is 13.1 Å². The van der Waals surface area contributed by atoms with Gasteiger partial charge in [0.1, 0.15) is 0 Å². The van der Waals surface area contributed by atoms with Gasteiger partial charge in [0.05, 0.1) is 5.60 Å². The highest BCUT2D eigenvalue weighted by atomic mass is 16.3. The molecule has 0 aliphatic rings. The first-order valence-corrected chi connectivity index (χ1v) is 5.87. The molecule has 0 heterocycles. The summed E-state index contributed by atoms with van der Waals surface area (Å²) < 4.78 is 0. The minimum Gasteiger partial charge on any atom is -0.389 e. The molecule has 14 heavy (non-hydrogen) atoms. The van der Waals surface area contributed by atoms with E-state index in [1.807, 2.05) is 6.92 Å². The van der Waals surface area contributed by atoms with Gasteiger partial charge in [-0.25, -0.2) is 0 Å². The van der Waals surface area contributed by atoms with Crippen LogP contribution in [0.15, 0.2) is 0 Å². The maximum atomic E-state index is 10.2. The second-order valence-electron chi connectivity index (χ2n) is 4.90. The Balaban J connectivity index is 3.92. The fourth-order valence-corrected chi connectivity index (χ4v) is 1.93. The molecule has 0 aromatic rings. The standard InChI is InChI=1S/C12H27NO/c1-6-11(7-2)12(5,14)9-13-8-10(3)4/h10-11,13-14H,6-9H2,1-5H3. The van der Waals surface area contributed by atoms with Crippen LogP contribution in [0.3, 0.4) is 0 Å². The highest BCUT2D eigenvalue weighted by molar-refractivity contribution is 4.82. The van der Waals surface area contributed by atoms with Crippen molar-refractivity contribution in [3.8, 4) is 0 Å². The summed E-state index contributed by atoms with van der Waals surface area (Å²) in [6, 6.07) is 0. The summed E-state index contributed by atoms with van der Waals surface area (Å²) in [6.07, 6.45) is 2.10. The molecule has 2 heteroatoms. The quantitative estimate of drug-likeness (QED) is 0.663. The molecule has 0 fully saturated rings. The number of aliphatic hydroxyl groups is 1. The monoisotopic (exact) mass is 201 g/mol. The Kier molecular flexibility index (Phi) is 6.38. The summed E-state index contributed by atoms with van der Waals surface area (Å²) in [5.74, 6) is 1.05. The van der Waals surface area contributed by atoms with Crippen LogP contribution in [-0.2, 0) is 0 Å². The lowest BCUT2D eigenvalue weighted by molar-refractivity contribution is -0.00385. The minimum absolute atomic E-state index is 0.405. The molecule has 0 amide bonds. The van der Waals surface area contributed by atoms with E-state index in [4.69, 9.17) is 0 Å². The van der Waals surface area contributed by atoms with Crippen molar-refractivity contribution in [1.82, 2.24) is 5.32 Å². The first kappa shape index (κ1) is 13.9. The zero-order chi connectivity index (χ0) is 11.2. The predicted octanol–water partition coefficient (Wildman–Crippen LogP) is 2.42. The summed E-state index contributed by atoms with van der Waals surface area (Å²) in [7, 11) is 0. The first-order chi connectivity index (χ1) is 6.44. The van der Waals surface area contributed by atoms with E-state index in [-0.39, 0.29) is 0 Å². The van der Waals surface area contributed by atoms with E-state index in [2.05, 4.69) is 33.0 Å². The van der Waals surface area contributed by atoms with Crippen LogP contribution in [0, 0.1) is 11.8 Å². The minimum atomic E-state index is -0.557. The Morgan fingerprint density at radius 2 is 1.71 bits per heavy atom. The molecule has 0 saturated carbocycles. The third-order valence-electron chi connectivity index (χ3n) is 2.90. The fourth-order valence-electron chi connectivity index (χ4n) is 1.93. The smallest absolute Gasteiger partial charge is 0.0771 e. The molecule has 0 aromatic carbocycles. The van der Waals surface area contributed by atoms with Crippen LogP contribution in [0.25, 0.3) is 0 Å². The van der Waals surface area contributed by atoms with Gasteiger partial charge in [-0.2, -0.15) is 0 Å². The molecular formula is C12H27NO. The van der Waals surface area contributed by atoms with Gasteiger partial charge < -0.3 is 10.4 Å². The highest BCUT2D eigenvalue weighted by Crippen LogP contribution is 2.22. The number of nitrogens with one attached hydrogen (secondary N) is 1. The van der Waals surface area contributed by atoms with Gasteiger partial charge in [-0.05, 0) is 25.3 Å². The van der Waals surface area contributed by atoms with Gasteiger partial charge in [0.15, 0.2) is 0 Å². The van der Waals surface area contributed by atoms with Gasteiger partial charge in [-0.3, -0.25) is 0 Å². The van der Waals surface area contributed by atoms with Crippen molar-refractivity contribution in [2.24, 2.45) is 11.8 Å². The zero-order valence-electron chi connectivity index (χ0n) is 10.4. The van der Waals surface area contributed by atoms with Gasteiger partial charge >= 0.3 is 0 Å². The molecular weight excluding hydrogens is 174 g/mol. The van der Waals surface area contributed by atoms with Crippen LogP contribution in [-0.4, -0.2) is 23.8 Å². The van der Waals surface area contributed by atoms with E-state index in [9.17, 15) is 5.11 Å². The average Bonchev–Trinajstić information content (AvgIpc) is 2.04. The number of hydrogen-bond acceptors (Lipinski definition) is 2. The van der Waals surface area contributed by atoms with Gasteiger partial charge in [0.2, 0.25) is 0 Å². The van der Waals surface area contributed by atoms with Crippen LogP contribution in [0.5, 0.6) is 0 Å². The normalized spacial score (nSPS) is 16.3. The van der Waals surface area contributed by atoms with E-state index < -0.39 is 5.60 Å². The first-order valence-electron chi connectivity index (χ1n) is 5.87. The lowest BCUT2D eigenvalue weighted by Gasteiger charge is -2.32. The van der Waals surface area contributed by atoms with Gasteiger partial charge in [-0.1, -0.05) is 40.5 Å². The third kappa shape index (κ3) is 4.97. The maximum Gasteiger partial charge on any atom is 0.0771 e. The molecule has 1 atom stereocenters. The van der Waals surface area contributed by atoms with Gasteiger partial charge in [0.25, 0.3) is 0 Å². The summed E-state index contributed by atoms with van der Waals surface area (Å²) in [5.41, 5.74) is -0.557. The Hall–Kier alpha value is -0.0800. The Bertz CT molecular complexity index is 139. The molecule has 1 unspecified atom stereocenters. The molecule has 0 radical (unpaired) electrons. The molecule has 2 nitrogen and oxygen atoms in total. The molecule has 2 N–H and O–H groups in total. The van der Waals surface area contributed by atoms with Crippen LogP contribution in [0.2, 0.25) is 0 Å². The lowest BCUT2D eigenvalue weighted by Crippen LogP contribution is -2.44. The Morgan fingerprint density at radius 1 is 1.21 bits per heavy atom. The van der Waals surface area contributed by atoms with Crippen LogP contribution < -0.4 is 5.32 Å². The van der Waals surface area contributed by atoms with Crippen molar-refractivity contribution >= 4 is 0 Å². The van der Waals surface area contributed by atoms with Crippen LogP contribution in [0.4, 0.5) is 0 Å². The zero-order valence-corrected chi connectivity index (χ0v) is 10.4. The SMILES string of the molecule is CCC(CC)C(C)(O)CNCC(C)C. The molecule has 0 aliphatic heterocycles. The van der Waals surface area contributed by atoms with Crippen LogP contribution >= 0.6 is 0 Å². The van der Waals surface area contributed by atoms with E-state index in [1.165, 1.54) is 0 Å². The summed E-state index contributed by atoms with van der Waals surface area (Å²) in [5, 5.41) is 13.5. The number of hydrogen-bond donors (Lipinski definition) is 2. The van der Waals surface area contributed by atoms with Crippen molar-refractivity contribution < 1.29 is 5.11 Å². The fraction of sp³-hybridized carbons (Fsp3) is 1.00. The van der Waals surface area contributed by atoms with Crippen molar-refractivity contribution in [1.29, 1.82) is 0 Å². The topological polar surface area (TPSA) is 32.3 Å². The second kappa shape index (κ2) is 6.41. The summed E-state index contributed by atoms with van der Waals surface area (Å²) in [4.78, 5) is 0. The Labute approximate surface area is 89.1 Å². The van der Waals surface area contributed by atoms with E-state index in [0.717, 1.165) is 19.4 Å². The lowest BCUT2D eigenvalue weighted by atomic mass is 9.85. The largest absolute Gasteiger partial charge is 0.389 e. The second-order valence-corrected chi connectivity index (χ2v) is 4.90. The molecule has 0 spiro atoms. The van der Waals surface area contributed by atoms with E-state index in [1.54, 1.807) is 0 Å². The maximum absolute atomic E-state index is 10.2. The van der Waals surface area contributed by atoms with Gasteiger partial charge in [0, 0.05) is 6.54 Å². The summed E-state index contributed by atoms with van der Waals surface area (Å²) >= 11 is 0. The van der Waals surface area contributed by atoms with Crippen molar-refractivity contribution in [3.05, 3.63) is 0 Å². The molecule has 0 bridgehead atoms. The molecule has 86 valence electrons. The number of rotatable bonds is 7. The van der Waals surface area contributed by atoms with E-state index in [0.29, 0.717) is 18.4 Å². The van der Waals surface area contributed by atoms with Crippen molar-refractivity contribution in [3.63, 3.8) is 0 Å². The molecule has 0 aromatic heterocycles. The Morgan fingerprint density at radius 3 is 2.07 bits per heavy atom. The van der Waals surface area contributed by atoms with E-state index >= 15 is 0 Å². The van der Waals surface area contributed by atoms with Crippen LogP contribution in [0.1, 0.15) is 47.5 Å². The van der Waals surface area contributed by atoms with Gasteiger partial charge in [-0.15, -0.1) is 0 Å². The highest BCUT2D eigenvalue weighted by Gasteiger charge is 2.28. The molecule has 0 saturated heterocycles. The summed E-state index contributed by atoms with van der Waals surface area (Å²) in [6.45, 7) is 12.3. The average molecular weight is 201 g/mol. The third-order valence-corrected chi connectivity index (χ3v) is 2.90. The molecule has 0 aliphatic carbocycles.